The van der Waals surface area contributed by atoms with Gasteiger partial charge in [0.1, 0.15) is 5.69 Å². The second-order valence-electron chi connectivity index (χ2n) is 6.04. The Balaban J connectivity index is 1.63. The highest BCUT2D eigenvalue weighted by molar-refractivity contribution is 5.97. The summed E-state index contributed by atoms with van der Waals surface area (Å²) in [6.07, 6.45) is 3.21. The predicted octanol–water partition coefficient (Wildman–Crippen LogP) is 3.16. The number of nitrogens with one attached hydrogen (secondary N) is 2. The molecule has 2 aromatic carbocycles. The zero-order chi connectivity index (χ0) is 20.1. The number of benzene rings is 2. The molecule has 1 amide bonds. The van der Waals surface area contributed by atoms with Gasteiger partial charge in [-0.3, -0.25) is 4.79 Å². The van der Waals surface area contributed by atoms with Crippen LogP contribution in [-0.4, -0.2) is 35.3 Å². The van der Waals surface area contributed by atoms with Gasteiger partial charge in [0.2, 0.25) is 5.91 Å². The summed E-state index contributed by atoms with van der Waals surface area (Å²) in [7, 11) is 1.29. The number of hydrogen-bond donors (Lipinski definition) is 2. The highest BCUT2D eigenvalue weighted by Gasteiger charge is 2.11. The highest BCUT2D eigenvalue weighted by atomic mass is 19.1. The van der Waals surface area contributed by atoms with Gasteiger partial charge in [0.25, 0.3) is 0 Å². The topological polar surface area (TPSA) is 85.2 Å². The minimum atomic E-state index is -0.485. The lowest BCUT2D eigenvalue weighted by Crippen LogP contribution is -2.22. The van der Waals surface area contributed by atoms with Crippen molar-refractivity contribution in [3.8, 4) is 5.69 Å². The third-order valence-electron chi connectivity index (χ3n) is 4.08. The van der Waals surface area contributed by atoms with Crippen LogP contribution in [0.2, 0.25) is 0 Å². The number of carbonyl (C=O) groups is 2. The van der Waals surface area contributed by atoms with E-state index in [1.807, 2.05) is 6.92 Å². The summed E-state index contributed by atoms with van der Waals surface area (Å²) in [5, 5.41) is 9.59. The molecule has 3 rings (SSSR count). The molecule has 144 valence electrons. The molecule has 0 fully saturated rings. The summed E-state index contributed by atoms with van der Waals surface area (Å²) >= 11 is 0. The Morgan fingerprint density at radius 3 is 2.71 bits per heavy atom. The van der Waals surface area contributed by atoms with E-state index in [1.54, 1.807) is 48.8 Å². The molecule has 1 aromatic heterocycles. The molecule has 0 radical (unpaired) electrons. The SMILES string of the molecule is COC(=O)c1ccc(C)c(NC(=O)CNc2ccc(-n3cccn3)c(F)c2)c1. The van der Waals surface area contributed by atoms with E-state index in [0.717, 1.165) is 5.56 Å². The summed E-state index contributed by atoms with van der Waals surface area (Å²) in [6, 6.07) is 11.1. The van der Waals surface area contributed by atoms with E-state index in [4.69, 9.17) is 0 Å². The van der Waals surface area contributed by atoms with Gasteiger partial charge in [-0.2, -0.15) is 5.10 Å². The smallest absolute Gasteiger partial charge is 0.337 e. The van der Waals surface area contributed by atoms with Gasteiger partial charge in [-0.05, 0) is 48.9 Å². The van der Waals surface area contributed by atoms with Gasteiger partial charge in [-0.1, -0.05) is 6.07 Å². The Morgan fingerprint density at radius 1 is 1.21 bits per heavy atom. The van der Waals surface area contributed by atoms with Crippen LogP contribution in [0.5, 0.6) is 0 Å². The van der Waals surface area contributed by atoms with Crippen molar-refractivity contribution in [1.29, 1.82) is 0 Å². The van der Waals surface area contributed by atoms with E-state index in [-0.39, 0.29) is 12.5 Å². The standard InChI is InChI=1S/C20H19FN4O3/c1-13-4-5-14(20(27)28-2)10-17(13)24-19(26)12-22-15-6-7-18(16(21)11-15)25-9-3-8-23-25/h3-11,22H,12H2,1-2H3,(H,24,26). The molecule has 0 saturated heterocycles. The van der Waals surface area contributed by atoms with Gasteiger partial charge in [-0.15, -0.1) is 0 Å². The maximum atomic E-state index is 14.2. The van der Waals surface area contributed by atoms with Gasteiger partial charge in [0, 0.05) is 23.8 Å². The van der Waals surface area contributed by atoms with Crippen molar-refractivity contribution in [3.05, 3.63) is 71.8 Å². The summed E-state index contributed by atoms with van der Waals surface area (Å²) in [5.74, 6) is -1.28. The zero-order valence-electron chi connectivity index (χ0n) is 15.4. The molecule has 0 spiro atoms. The maximum absolute atomic E-state index is 14.2. The van der Waals surface area contributed by atoms with E-state index < -0.39 is 11.8 Å². The number of ether oxygens (including phenoxy) is 1. The first-order valence-electron chi connectivity index (χ1n) is 8.50. The molecule has 0 unspecified atom stereocenters. The Hall–Kier alpha value is -3.68. The Kier molecular flexibility index (Phi) is 5.69. The second-order valence-corrected chi connectivity index (χ2v) is 6.04. The van der Waals surface area contributed by atoms with Crippen molar-refractivity contribution in [2.75, 3.05) is 24.3 Å². The number of rotatable bonds is 6. The third kappa shape index (κ3) is 4.35. The van der Waals surface area contributed by atoms with Gasteiger partial charge in [0.05, 0.1) is 19.2 Å². The molecule has 2 N–H and O–H groups in total. The first-order chi connectivity index (χ1) is 13.5. The van der Waals surface area contributed by atoms with Crippen molar-refractivity contribution in [2.45, 2.75) is 6.92 Å². The maximum Gasteiger partial charge on any atom is 0.337 e. The minimum Gasteiger partial charge on any atom is -0.465 e. The van der Waals surface area contributed by atoms with Crippen LogP contribution in [0.1, 0.15) is 15.9 Å². The lowest BCUT2D eigenvalue weighted by atomic mass is 10.1. The second kappa shape index (κ2) is 8.34. The Bertz CT molecular complexity index is 1000. The van der Waals surface area contributed by atoms with E-state index in [1.165, 1.54) is 17.9 Å². The number of amides is 1. The normalized spacial score (nSPS) is 10.4. The number of halogens is 1. The predicted molar refractivity (Wildman–Crippen MR) is 103 cm³/mol. The number of aryl methyl sites for hydroxylation is 1. The molecule has 0 aliphatic carbocycles. The van der Waals surface area contributed by atoms with Crippen LogP contribution in [0.15, 0.2) is 54.9 Å². The molecular weight excluding hydrogens is 363 g/mol. The molecule has 7 nitrogen and oxygen atoms in total. The molecule has 8 heteroatoms. The molecule has 28 heavy (non-hydrogen) atoms. The number of aromatic nitrogens is 2. The van der Waals surface area contributed by atoms with E-state index >= 15 is 0 Å². The van der Waals surface area contributed by atoms with Crippen LogP contribution in [-0.2, 0) is 9.53 Å². The molecule has 3 aromatic rings. The van der Waals surface area contributed by atoms with Gasteiger partial charge >= 0.3 is 5.97 Å². The number of carbonyl (C=O) groups excluding carboxylic acids is 2. The minimum absolute atomic E-state index is 0.0670. The lowest BCUT2D eigenvalue weighted by Gasteiger charge is -2.12. The van der Waals surface area contributed by atoms with Crippen molar-refractivity contribution in [3.63, 3.8) is 0 Å². The molecule has 0 atom stereocenters. The number of esters is 1. The van der Waals surface area contributed by atoms with Gasteiger partial charge in [-0.25, -0.2) is 13.9 Å². The number of nitrogens with zero attached hydrogens (tertiary/aromatic N) is 2. The number of hydrogen-bond acceptors (Lipinski definition) is 5. The first-order valence-corrected chi connectivity index (χ1v) is 8.50. The molecule has 0 aliphatic rings. The monoisotopic (exact) mass is 382 g/mol. The van der Waals surface area contributed by atoms with Gasteiger partial charge < -0.3 is 15.4 Å². The van der Waals surface area contributed by atoms with Gasteiger partial charge in [0.15, 0.2) is 5.82 Å². The lowest BCUT2D eigenvalue weighted by molar-refractivity contribution is -0.114. The average molecular weight is 382 g/mol. The van der Waals surface area contributed by atoms with Crippen molar-refractivity contribution < 1.29 is 18.7 Å². The summed E-state index contributed by atoms with van der Waals surface area (Å²) in [4.78, 5) is 23.9. The van der Waals surface area contributed by atoms with E-state index in [0.29, 0.717) is 22.6 Å². The van der Waals surface area contributed by atoms with Crippen molar-refractivity contribution in [2.24, 2.45) is 0 Å². The molecule has 0 saturated carbocycles. The quantitative estimate of drug-likeness (QED) is 0.640. The zero-order valence-corrected chi connectivity index (χ0v) is 15.4. The first kappa shape index (κ1) is 19.1. The van der Waals surface area contributed by atoms with Crippen molar-refractivity contribution >= 4 is 23.3 Å². The van der Waals surface area contributed by atoms with Crippen LogP contribution in [0.3, 0.4) is 0 Å². The third-order valence-corrected chi connectivity index (χ3v) is 4.08. The van der Waals surface area contributed by atoms with Crippen LogP contribution in [0, 0.1) is 12.7 Å². The number of anilines is 2. The molecule has 0 bridgehead atoms. The fourth-order valence-corrected chi connectivity index (χ4v) is 2.59. The molecule has 1 heterocycles. The average Bonchev–Trinajstić information content (AvgIpc) is 3.22. The van der Waals surface area contributed by atoms with Crippen LogP contribution < -0.4 is 10.6 Å². The van der Waals surface area contributed by atoms with E-state index in [2.05, 4.69) is 20.5 Å². The van der Waals surface area contributed by atoms with Crippen LogP contribution >= 0.6 is 0 Å². The molecular formula is C20H19FN4O3. The van der Waals surface area contributed by atoms with Crippen molar-refractivity contribution in [1.82, 2.24) is 9.78 Å². The Morgan fingerprint density at radius 2 is 2.04 bits per heavy atom. The fraction of sp³-hybridized carbons (Fsp3) is 0.150. The van der Waals surface area contributed by atoms with Crippen LogP contribution in [0.4, 0.5) is 15.8 Å². The number of methoxy groups -OCH3 is 1. The highest BCUT2D eigenvalue weighted by Crippen LogP contribution is 2.19. The fourth-order valence-electron chi connectivity index (χ4n) is 2.59. The Labute approximate surface area is 161 Å². The summed E-state index contributed by atoms with van der Waals surface area (Å²) in [6.45, 7) is 1.75. The van der Waals surface area contributed by atoms with Crippen LogP contribution in [0.25, 0.3) is 5.69 Å². The van der Waals surface area contributed by atoms with E-state index in [9.17, 15) is 14.0 Å². The summed E-state index contributed by atoms with van der Waals surface area (Å²) < 4.78 is 20.3. The summed E-state index contributed by atoms with van der Waals surface area (Å²) in [5.41, 5.74) is 2.43. The largest absolute Gasteiger partial charge is 0.465 e. The molecule has 0 aliphatic heterocycles.